The van der Waals surface area contributed by atoms with E-state index in [1.165, 1.54) is 137 Å². The molecule has 0 atom stereocenters. The Bertz CT molecular complexity index is 3540. The van der Waals surface area contributed by atoms with Gasteiger partial charge in [-0.1, -0.05) is 203 Å². The molecule has 2 nitrogen and oxygen atoms in total. The molecule has 12 rings (SSSR count). The van der Waals surface area contributed by atoms with Crippen molar-refractivity contribution in [2.45, 2.75) is 200 Å². The van der Waals surface area contributed by atoms with E-state index in [-0.39, 0.29) is 50.0 Å². The van der Waals surface area contributed by atoms with Crippen molar-refractivity contribution in [1.29, 1.82) is 0 Å². The summed E-state index contributed by atoms with van der Waals surface area (Å²) in [6, 6.07) is 51.2. The van der Waals surface area contributed by atoms with Crippen molar-refractivity contribution in [3.8, 4) is 11.1 Å². The van der Waals surface area contributed by atoms with Crippen molar-refractivity contribution in [3.63, 3.8) is 0 Å². The second-order valence-electron chi connectivity index (χ2n) is 29.9. The molecule has 0 saturated carbocycles. The fraction of sp³-hybridized carbons (Fsp3) is 0.425. The van der Waals surface area contributed by atoms with E-state index in [1.54, 1.807) is 0 Å². The third kappa shape index (κ3) is 7.61. The van der Waals surface area contributed by atoms with Crippen molar-refractivity contribution in [3.05, 3.63) is 183 Å². The lowest BCUT2D eigenvalue weighted by molar-refractivity contribution is 0.332. The largest absolute Gasteiger partial charge is 0.311 e. The van der Waals surface area contributed by atoms with Crippen LogP contribution in [0, 0.1) is 6.92 Å². The van der Waals surface area contributed by atoms with Crippen molar-refractivity contribution in [2.24, 2.45) is 0 Å². The molecular formula is C73H85BN2. The maximum atomic E-state index is 2.78. The van der Waals surface area contributed by atoms with Crippen LogP contribution in [-0.4, -0.2) is 6.71 Å². The predicted octanol–water partition coefficient (Wildman–Crippen LogP) is 18.0. The van der Waals surface area contributed by atoms with Gasteiger partial charge in [0.1, 0.15) is 0 Å². The van der Waals surface area contributed by atoms with Crippen LogP contribution in [0.3, 0.4) is 0 Å². The Labute approximate surface area is 458 Å². The molecule has 76 heavy (non-hydrogen) atoms. The van der Waals surface area contributed by atoms with Crippen LogP contribution in [0.15, 0.2) is 127 Å². The Morgan fingerprint density at radius 1 is 0.382 bits per heavy atom. The second kappa shape index (κ2) is 16.4. The molecule has 2 heterocycles. The van der Waals surface area contributed by atoms with Gasteiger partial charge in [0.15, 0.2) is 0 Å². The summed E-state index contributed by atoms with van der Waals surface area (Å²) < 4.78 is 0. The first-order valence-corrected chi connectivity index (χ1v) is 29.0. The standard InChI is InChI=1S/C73H85BN2/c1-45-35-51-56(72(15,16)44-71(51,13)14)41-60(45)76-62-43-55-53(68(7,8)32-34-70(55,11)12)40-58(62)74-57-39-52-54(69(9,10)33-31-67(52,5)6)42-61(57)75(63-37-49(66(2,3)4)38-64(76)65(63)74)59-30-29-48(36-50(59)46-25-21-19-22-26-46)73(17,18)47-27-23-20-24-28-47/h19-30,35-43H,31-34,44H2,1-18H3. The number of hydrogen-bond donors (Lipinski definition) is 0. The molecule has 0 unspecified atom stereocenters. The SMILES string of the molecule is Cc1cc2c(cc1N1c3cc4c(cc3B3c5cc6c(cc5N(c5ccc(C(C)(C)c7ccccc7)cc5-c5ccccc5)c5cc(C(C)(C)C)cc1c53)C(C)(C)CCC6(C)C)C(C)(C)CCC4(C)C)C(C)(C)CC2(C)C. The van der Waals surface area contributed by atoms with E-state index in [0.717, 1.165) is 12.8 Å². The van der Waals surface area contributed by atoms with Crippen LogP contribution in [0.1, 0.15) is 205 Å². The lowest BCUT2D eigenvalue weighted by Crippen LogP contribution is -2.62. The molecule has 0 radical (unpaired) electrons. The molecule has 0 saturated heterocycles. The highest BCUT2D eigenvalue weighted by Gasteiger charge is 2.50. The van der Waals surface area contributed by atoms with E-state index < -0.39 is 0 Å². The molecule has 390 valence electrons. The highest BCUT2D eigenvalue weighted by Crippen LogP contribution is 2.57. The van der Waals surface area contributed by atoms with E-state index in [9.17, 15) is 0 Å². The minimum Gasteiger partial charge on any atom is -0.311 e. The second-order valence-corrected chi connectivity index (χ2v) is 29.9. The Morgan fingerprint density at radius 2 is 0.803 bits per heavy atom. The molecule has 0 spiro atoms. The number of nitrogens with zero attached hydrogens (tertiary/aromatic N) is 2. The first-order valence-electron chi connectivity index (χ1n) is 29.0. The van der Waals surface area contributed by atoms with Crippen LogP contribution >= 0.6 is 0 Å². The molecule has 0 bridgehead atoms. The van der Waals surface area contributed by atoms with Crippen LogP contribution in [0.2, 0.25) is 0 Å². The normalized spacial score (nSPS) is 19.7. The van der Waals surface area contributed by atoms with Crippen molar-refractivity contribution in [2.75, 3.05) is 9.80 Å². The third-order valence-electron chi connectivity index (χ3n) is 20.3. The summed E-state index contributed by atoms with van der Waals surface area (Å²) in [6.07, 6.45) is 5.81. The number of aryl methyl sites for hydroxylation is 1. The molecule has 3 aliphatic carbocycles. The van der Waals surface area contributed by atoms with Gasteiger partial charge in [0.05, 0.1) is 5.69 Å². The third-order valence-corrected chi connectivity index (χ3v) is 20.3. The van der Waals surface area contributed by atoms with Gasteiger partial charge < -0.3 is 9.80 Å². The van der Waals surface area contributed by atoms with E-state index in [1.807, 2.05) is 0 Å². The molecule has 5 aliphatic rings. The van der Waals surface area contributed by atoms with Gasteiger partial charge in [-0.3, -0.25) is 0 Å². The summed E-state index contributed by atoms with van der Waals surface area (Å²) in [5, 5.41) is 0. The van der Waals surface area contributed by atoms with E-state index in [4.69, 9.17) is 0 Å². The Morgan fingerprint density at radius 3 is 1.29 bits per heavy atom. The van der Waals surface area contributed by atoms with Crippen LogP contribution in [0.5, 0.6) is 0 Å². The zero-order valence-corrected chi connectivity index (χ0v) is 49.6. The summed E-state index contributed by atoms with van der Waals surface area (Å²) in [5.74, 6) is 0. The molecule has 0 fully saturated rings. The van der Waals surface area contributed by atoms with E-state index >= 15 is 0 Å². The van der Waals surface area contributed by atoms with Crippen molar-refractivity contribution >= 4 is 57.2 Å². The lowest BCUT2D eigenvalue weighted by atomic mass is 9.32. The van der Waals surface area contributed by atoms with Gasteiger partial charge in [0, 0.05) is 39.4 Å². The van der Waals surface area contributed by atoms with E-state index in [2.05, 4.69) is 262 Å². The number of anilines is 6. The maximum absolute atomic E-state index is 2.78. The van der Waals surface area contributed by atoms with Gasteiger partial charge >= 0.3 is 0 Å². The smallest absolute Gasteiger partial charge is 0.252 e. The molecule has 7 aromatic rings. The summed E-state index contributed by atoms with van der Waals surface area (Å²) >= 11 is 0. The van der Waals surface area contributed by atoms with Gasteiger partial charge in [0.25, 0.3) is 6.71 Å². The number of benzene rings is 7. The highest BCUT2D eigenvalue weighted by atomic mass is 15.2. The predicted molar refractivity (Wildman–Crippen MR) is 329 cm³/mol. The molecule has 0 N–H and O–H groups in total. The molecule has 0 aromatic heterocycles. The average molecular weight is 1000 g/mol. The Kier molecular flexibility index (Phi) is 11.0. The quantitative estimate of drug-likeness (QED) is 0.159. The minimum atomic E-state index is -0.225. The zero-order valence-electron chi connectivity index (χ0n) is 49.6. The number of fused-ring (bicyclic) bond motifs is 7. The van der Waals surface area contributed by atoms with Crippen LogP contribution in [0.4, 0.5) is 34.1 Å². The lowest BCUT2D eigenvalue weighted by Gasteiger charge is -2.49. The fourth-order valence-electron chi connectivity index (χ4n) is 15.4. The summed E-state index contributed by atoms with van der Waals surface area (Å²) in [4.78, 5) is 5.54. The minimum absolute atomic E-state index is 0.00960. The Balaban J connectivity index is 1.25. The maximum Gasteiger partial charge on any atom is 0.252 e. The first-order chi connectivity index (χ1) is 35.4. The van der Waals surface area contributed by atoms with Crippen LogP contribution in [-0.2, 0) is 43.3 Å². The number of hydrogen-bond acceptors (Lipinski definition) is 2. The topological polar surface area (TPSA) is 6.48 Å². The van der Waals surface area contributed by atoms with Crippen LogP contribution in [0.25, 0.3) is 11.1 Å². The highest BCUT2D eigenvalue weighted by molar-refractivity contribution is 7.00. The fourth-order valence-corrected chi connectivity index (χ4v) is 15.4. The van der Waals surface area contributed by atoms with Gasteiger partial charge in [-0.25, -0.2) is 0 Å². The van der Waals surface area contributed by atoms with E-state index in [0.29, 0.717) is 0 Å². The first kappa shape index (κ1) is 51.0. The molecule has 2 aliphatic heterocycles. The average Bonchev–Trinajstić information content (AvgIpc) is 3.57. The van der Waals surface area contributed by atoms with Gasteiger partial charge in [-0.15, -0.1) is 0 Å². The van der Waals surface area contributed by atoms with Crippen molar-refractivity contribution < 1.29 is 0 Å². The molecule has 7 aromatic carbocycles. The molecule has 0 amide bonds. The summed E-state index contributed by atoms with van der Waals surface area (Å²) in [5.41, 5.74) is 28.9. The van der Waals surface area contributed by atoms with Gasteiger partial charge in [-0.2, -0.15) is 0 Å². The van der Waals surface area contributed by atoms with Gasteiger partial charge in [0.2, 0.25) is 0 Å². The molecule has 3 heteroatoms. The zero-order chi connectivity index (χ0) is 54.2. The van der Waals surface area contributed by atoms with Crippen molar-refractivity contribution in [1.82, 2.24) is 0 Å². The van der Waals surface area contributed by atoms with Gasteiger partial charge in [-0.05, 0) is 197 Å². The summed E-state index contributed by atoms with van der Waals surface area (Å²) in [6.45, 7) is 44.4. The van der Waals surface area contributed by atoms with Crippen LogP contribution < -0.4 is 26.2 Å². The Hall–Kier alpha value is -5.80. The summed E-state index contributed by atoms with van der Waals surface area (Å²) in [7, 11) is 0. The number of rotatable bonds is 5. The monoisotopic (exact) mass is 1000 g/mol. The molecular weight excluding hydrogens is 916 g/mol.